The van der Waals surface area contributed by atoms with Gasteiger partial charge in [0.15, 0.2) is 0 Å². The lowest BCUT2D eigenvalue weighted by Gasteiger charge is -2.40. The average molecular weight is 664 g/mol. The molecule has 0 saturated heterocycles. The van der Waals surface area contributed by atoms with E-state index in [1.165, 1.54) is 9.47 Å². The van der Waals surface area contributed by atoms with Crippen LogP contribution in [0.1, 0.15) is 0 Å². The summed E-state index contributed by atoms with van der Waals surface area (Å²) in [7, 11) is 0. The Bertz CT molecular complexity index is 924. The first-order valence-electron chi connectivity index (χ1n) is 7.96. The first-order chi connectivity index (χ1) is 16.8. The van der Waals surface area contributed by atoms with Crippen LogP contribution in [0.3, 0.4) is 0 Å². The topological polar surface area (TPSA) is 44.8 Å². The number of rotatable bonds is 9. The second-order valence-corrected chi connectivity index (χ2v) is 6.47. The fraction of sp³-hybridized carbons (Fsp3) is 0.917. The Morgan fingerprint density at radius 3 is 0.975 bits per heavy atom. The van der Waals surface area contributed by atoms with E-state index >= 15 is 0 Å². The number of halogens is 24. The minimum atomic E-state index is -8.60. The number of carbonyl (C=O) groups excluding carboxylic acids is 1. The van der Waals surface area contributed by atoms with Crippen LogP contribution in [0, 0.1) is 0 Å². The molecule has 0 radical (unpaired) electrons. The van der Waals surface area contributed by atoms with Crippen molar-refractivity contribution in [3.63, 3.8) is 0 Å². The van der Waals surface area contributed by atoms with E-state index in [2.05, 4.69) is 0 Å². The molecule has 28 heteroatoms. The Morgan fingerprint density at radius 1 is 0.375 bits per heavy atom. The predicted octanol–water partition coefficient (Wildman–Crippen LogP) is 7.19. The summed E-state index contributed by atoms with van der Waals surface area (Å²) in [5.41, 5.74) is 0. The highest BCUT2D eigenvalue weighted by Crippen LogP contribution is 2.57. The summed E-state index contributed by atoms with van der Waals surface area (Å²) >= 11 is 0. The van der Waals surface area contributed by atoms with E-state index in [9.17, 15) is 110 Å². The summed E-state index contributed by atoms with van der Waals surface area (Å²) in [6, 6.07) is 0. The third kappa shape index (κ3) is 6.14. The van der Waals surface area contributed by atoms with Crippen LogP contribution in [0.5, 0.6) is 0 Å². The molecule has 0 saturated carbocycles. The van der Waals surface area contributed by atoms with Gasteiger partial charge >= 0.3 is 72.6 Å². The van der Waals surface area contributed by atoms with Crippen LogP contribution in [0.4, 0.5) is 105 Å². The molecule has 0 aliphatic heterocycles. The maximum atomic E-state index is 13.9. The van der Waals surface area contributed by atoms with E-state index in [0.717, 1.165) is 4.74 Å². The van der Waals surface area contributed by atoms with E-state index in [-0.39, 0.29) is 0 Å². The molecule has 0 bridgehead atoms. The molecule has 0 fully saturated rings. The van der Waals surface area contributed by atoms with Crippen LogP contribution in [-0.4, -0.2) is 72.6 Å². The van der Waals surface area contributed by atoms with Gasteiger partial charge in [0.25, 0.3) is 0 Å². The molecule has 0 aromatic carbocycles. The Labute approximate surface area is 198 Å². The highest BCUT2D eigenvalue weighted by Gasteiger charge is 2.86. The molecule has 0 heterocycles. The number of alkyl halides is 24. The second kappa shape index (κ2) is 9.63. The maximum Gasteiger partial charge on any atom is 0.476 e. The Kier molecular flexibility index (Phi) is 9.08. The smallest absolute Gasteiger partial charge is 0.391 e. The summed E-state index contributed by atoms with van der Waals surface area (Å²) in [6.07, 6.45) is -56.7. The van der Waals surface area contributed by atoms with E-state index in [1.54, 1.807) is 0 Å². The van der Waals surface area contributed by atoms with Gasteiger partial charge in [0, 0.05) is 0 Å². The van der Waals surface area contributed by atoms with Crippen molar-refractivity contribution in [2.24, 2.45) is 0 Å². The summed E-state index contributed by atoms with van der Waals surface area (Å²) in [5, 5.41) is 0. The predicted molar refractivity (Wildman–Crippen MR) is 64.9 cm³/mol. The number of esters is 1. The minimum Gasteiger partial charge on any atom is -0.391 e. The maximum absolute atomic E-state index is 13.9. The van der Waals surface area contributed by atoms with Crippen LogP contribution < -0.4 is 0 Å². The normalized spacial score (nSPS) is 18.7. The molecule has 4 nitrogen and oxygen atoms in total. The molecule has 240 valence electrons. The average Bonchev–Trinajstić information content (AvgIpc) is 2.62. The lowest BCUT2D eigenvalue weighted by atomic mass is 10.2. The van der Waals surface area contributed by atoms with Gasteiger partial charge in [-0.15, -0.1) is 0 Å². The molecule has 2 atom stereocenters. The molecule has 0 amide bonds. The van der Waals surface area contributed by atoms with Crippen LogP contribution in [0.2, 0.25) is 0 Å². The summed E-state index contributed by atoms with van der Waals surface area (Å²) in [6.45, 7) is 0. The quantitative estimate of drug-likeness (QED) is 0.194. The van der Waals surface area contributed by atoms with Crippen molar-refractivity contribution in [2.45, 2.75) is 66.6 Å². The van der Waals surface area contributed by atoms with E-state index < -0.39 is 72.6 Å². The monoisotopic (exact) mass is 664 g/mol. The number of ether oxygens (including phenoxy) is 3. The van der Waals surface area contributed by atoms with Crippen molar-refractivity contribution in [1.29, 1.82) is 0 Å². The molecule has 0 aromatic heterocycles. The molecule has 0 aliphatic carbocycles. The summed E-state index contributed by atoms with van der Waals surface area (Å²) in [4.78, 5) is 10.9. The van der Waals surface area contributed by atoms with Gasteiger partial charge in [0.2, 0.25) is 0 Å². The molecular weight excluding hydrogens is 664 g/mol. The Morgan fingerprint density at radius 2 is 0.700 bits per heavy atom. The van der Waals surface area contributed by atoms with Gasteiger partial charge in [0.1, 0.15) is 0 Å². The first kappa shape index (κ1) is 37.7. The number of carbonyl (C=O) groups is 1. The molecule has 0 rings (SSSR count). The highest BCUT2D eigenvalue weighted by atomic mass is 19.4. The molecule has 0 aromatic rings. The van der Waals surface area contributed by atoms with Gasteiger partial charge in [0.05, 0.1) is 0 Å². The van der Waals surface area contributed by atoms with Crippen LogP contribution in [-0.2, 0) is 19.0 Å². The molecule has 0 N–H and O–H groups in total. The van der Waals surface area contributed by atoms with Crippen molar-refractivity contribution >= 4 is 5.97 Å². The first-order valence-corrected chi connectivity index (χ1v) is 7.96. The summed E-state index contributed by atoms with van der Waals surface area (Å²) in [5.74, 6) is -38.1. The molecule has 2 unspecified atom stereocenters. The van der Waals surface area contributed by atoms with Crippen LogP contribution in [0.15, 0.2) is 0 Å². The van der Waals surface area contributed by atoms with Crippen molar-refractivity contribution in [2.75, 3.05) is 0 Å². The van der Waals surface area contributed by atoms with Crippen LogP contribution in [0.25, 0.3) is 0 Å². The molecule has 0 spiro atoms. The largest absolute Gasteiger partial charge is 0.476 e. The zero-order valence-electron chi connectivity index (χ0n) is 16.7. The van der Waals surface area contributed by atoms with Crippen molar-refractivity contribution < 1.29 is 124 Å². The lowest BCUT2D eigenvalue weighted by molar-refractivity contribution is -0.549. The third-order valence-corrected chi connectivity index (χ3v) is 3.57. The highest BCUT2D eigenvalue weighted by molar-refractivity contribution is 5.79. The van der Waals surface area contributed by atoms with Gasteiger partial charge in [-0.1, -0.05) is 0 Å². The van der Waals surface area contributed by atoms with E-state index in [1.807, 2.05) is 0 Å². The van der Waals surface area contributed by atoms with E-state index in [4.69, 9.17) is 0 Å². The van der Waals surface area contributed by atoms with Crippen LogP contribution >= 0.6 is 0 Å². The van der Waals surface area contributed by atoms with Gasteiger partial charge in [-0.2, -0.15) is 105 Å². The van der Waals surface area contributed by atoms with Crippen molar-refractivity contribution in [3.8, 4) is 0 Å². The SMILES string of the molecule is O=C(OC(F)(F)C(F)(F)C(F)(F)F)C(F)(OC(F)(F)C(F)(OC(F)(F)C(F)(F)C(F)(F)F)C(F)(F)F)C(F)(F)F. The minimum absolute atomic E-state index is 1.01. The van der Waals surface area contributed by atoms with Gasteiger partial charge in [-0.25, -0.2) is 4.79 Å². The Balaban J connectivity index is 6.99. The molecular formula is C12F24O4. The second-order valence-electron chi connectivity index (χ2n) is 6.47. The fourth-order valence-corrected chi connectivity index (χ4v) is 1.56. The van der Waals surface area contributed by atoms with Crippen molar-refractivity contribution in [3.05, 3.63) is 0 Å². The summed E-state index contributed by atoms with van der Waals surface area (Å²) < 4.78 is 309. The van der Waals surface area contributed by atoms with Gasteiger partial charge in [-0.05, 0) is 0 Å². The fourth-order valence-electron chi connectivity index (χ4n) is 1.56. The van der Waals surface area contributed by atoms with Crippen molar-refractivity contribution in [1.82, 2.24) is 0 Å². The number of hydrogen-bond acceptors (Lipinski definition) is 4. The van der Waals surface area contributed by atoms with E-state index in [0.29, 0.717) is 0 Å². The molecule has 40 heavy (non-hydrogen) atoms. The van der Waals surface area contributed by atoms with Gasteiger partial charge < -0.3 is 4.74 Å². The standard InChI is InChI=1S/C12F24O4/c13-2(6(19,20)21,1(37)38-10(31,32)3(14,15)7(22,23)24)39-12(35,36)5(18,9(28,29)30)40-11(33,34)4(16,17)8(25,26)27. The zero-order valence-corrected chi connectivity index (χ0v) is 16.7. The lowest BCUT2D eigenvalue weighted by Crippen LogP contribution is -2.68. The molecule has 0 aliphatic rings. The zero-order chi connectivity index (χ0) is 33.2. The Hall–Kier alpha value is -2.29. The third-order valence-electron chi connectivity index (χ3n) is 3.57. The number of hydrogen-bond donors (Lipinski definition) is 0. The van der Waals surface area contributed by atoms with Gasteiger partial charge in [-0.3, -0.25) is 9.47 Å².